The average molecular weight is 394 g/mol. The van der Waals surface area contributed by atoms with Gasteiger partial charge in [-0.3, -0.25) is 4.90 Å². The van der Waals surface area contributed by atoms with E-state index in [1.807, 2.05) is 13.0 Å². The summed E-state index contributed by atoms with van der Waals surface area (Å²) in [5, 5.41) is 3.04. The number of carbonyl (C=O) groups excluding carboxylic acids is 1. The summed E-state index contributed by atoms with van der Waals surface area (Å²) < 4.78 is 24.4. The van der Waals surface area contributed by atoms with Crippen molar-refractivity contribution in [1.29, 1.82) is 0 Å². The number of alkyl carbamates (subject to hydrolysis) is 1. The second-order valence-electron chi connectivity index (χ2n) is 7.73. The van der Waals surface area contributed by atoms with Gasteiger partial charge in [-0.25, -0.2) is 9.18 Å². The summed E-state index contributed by atoms with van der Waals surface area (Å²) in [5.41, 5.74) is 2.05. The van der Waals surface area contributed by atoms with E-state index in [9.17, 15) is 9.18 Å². The highest BCUT2D eigenvalue weighted by Gasteiger charge is 2.24. The molecular formula is C21H32FN3O3. The van der Waals surface area contributed by atoms with Crippen molar-refractivity contribution in [1.82, 2.24) is 10.2 Å². The van der Waals surface area contributed by atoms with Gasteiger partial charge in [-0.2, -0.15) is 0 Å². The van der Waals surface area contributed by atoms with Gasteiger partial charge in [0.2, 0.25) is 0 Å². The summed E-state index contributed by atoms with van der Waals surface area (Å²) in [6, 6.07) is 4.97. The van der Waals surface area contributed by atoms with Gasteiger partial charge in [0, 0.05) is 37.9 Å². The third-order valence-electron chi connectivity index (χ3n) is 5.36. The van der Waals surface area contributed by atoms with E-state index in [1.165, 1.54) is 6.07 Å². The fourth-order valence-corrected chi connectivity index (χ4v) is 4.01. The number of rotatable bonds is 8. The first-order valence-corrected chi connectivity index (χ1v) is 10.4. The minimum Gasteiger partial charge on any atom is -0.445 e. The zero-order valence-electron chi connectivity index (χ0n) is 17.0. The summed E-state index contributed by atoms with van der Waals surface area (Å²) in [6.07, 6.45) is 2.14. The van der Waals surface area contributed by atoms with Gasteiger partial charge in [-0.15, -0.1) is 0 Å². The lowest BCUT2D eigenvalue weighted by molar-refractivity contribution is 0.0322. The normalized spacial score (nSPS) is 19.2. The lowest BCUT2D eigenvalue weighted by atomic mass is 10.1. The second kappa shape index (κ2) is 10.1. The lowest BCUT2D eigenvalue weighted by Gasteiger charge is -2.31. The molecule has 156 valence electrons. The van der Waals surface area contributed by atoms with Crippen molar-refractivity contribution in [2.75, 3.05) is 50.8 Å². The van der Waals surface area contributed by atoms with E-state index in [2.05, 4.69) is 22.0 Å². The Kier molecular flexibility index (Phi) is 7.50. The summed E-state index contributed by atoms with van der Waals surface area (Å²) in [4.78, 5) is 16.9. The fourth-order valence-electron chi connectivity index (χ4n) is 4.01. The van der Waals surface area contributed by atoms with Gasteiger partial charge in [0.25, 0.3) is 0 Å². The van der Waals surface area contributed by atoms with Gasteiger partial charge in [0.15, 0.2) is 0 Å². The molecule has 3 rings (SSSR count). The number of hydrogen-bond donors (Lipinski definition) is 1. The number of morpholine rings is 1. The first kappa shape index (κ1) is 20.9. The predicted molar refractivity (Wildman–Crippen MR) is 107 cm³/mol. The molecule has 2 aliphatic heterocycles. The maximum absolute atomic E-state index is 13.4. The van der Waals surface area contributed by atoms with E-state index >= 15 is 0 Å². The van der Waals surface area contributed by atoms with Crippen LogP contribution in [0.3, 0.4) is 0 Å². The molecule has 1 saturated heterocycles. The number of hydrogen-bond acceptors (Lipinski definition) is 5. The number of ether oxygens (including phenoxy) is 2. The number of carbonyl (C=O) groups is 1. The van der Waals surface area contributed by atoms with Crippen LogP contribution in [0.15, 0.2) is 18.2 Å². The Labute approximate surface area is 167 Å². The Morgan fingerprint density at radius 3 is 2.82 bits per heavy atom. The van der Waals surface area contributed by atoms with E-state index in [1.54, 1.807) is 6.07 Å². The zero-order chi connectivity index (χ0) is 19.9. The molecule has 0 spiro atoms. The van der Waals surface area contributed by atoms with Crippen LogP contribution in [0.25, 0.3) is 0 Å². The van der Waals surface area contributed by atoms with Gasteiger partial charge in [-0.05, 0) is 43.5 Å². The zero-order valence-corrected chi connectivity index (χ0v) is 17.0. The largest absolute Gasteiger partial charge is 0.445 e. The highest BCUT2D eigenvalue weighted by molar-refractivity contribution is 5.68. The van der Waals surface area contributed by atoms with Gasteiger partial charge < -0.3 is 19.7 Å². The number of amides is 1. The molecule has 2 atom stereocenters. The minimum atomic E-state index is -0.363. The number of halogens is 1. The number of anilines is 1. The van der Waals surface area contributed by atoms with Gasteiger partial charge in [-0.1, -0.05) is 13.3 Å². The Bertz CT molecular complexity index is 652. The SMILES string of the molecule is CCCC(CN1CCOCC1)NC(=O)O[C@@H](C)CN1CCc2cc(F)ccc21. The number of nitrogens with zero attached hydrogens (tertiary/aromatic N) is 2. The molecule has 0 bridgehead atoms. The highest BCUT2D eigenvalue weighted by atomic mass is 19.1. The Balaban J connectivity index is 1.46. The molecule has 2 aliphatic rings. The fraction of sp³-hybridized carbons (Fsp3) is 0.667. The van der Waals surface area contributed by atoms with Crippen molar-refractivity contribution in [3.63, 3.8) is 0 Å². The van der Waals surface area contributed by atoms with Crippen molar-refractivity contribution in [3.05, 3.63) is 29.6 Å². The molecule has 1 unspecified atom stereocenters. The molecule has 6 nitrogen and oxygen atoms in total. The summed E-state index contributed by atoms with van der Waals surface area (Å²) >= 11 is 0. The molecule has 1 aromatic carbocycles. The first-order valence-electron chi connectivity index (χ1n) is 10.4. The van der Waals surface area contributed by atoms with Crippen molar-refractivity contribution < 1.29 is 18.7 Å². The predicted octanol–water partition coefficient (Wildman–Crippen LogP) is 2.80. The number of benzene rings is 1. The lowest BCUT2D eigenvalue weighted by Crippen LogP contribution is -2.48. The molecule has 0 aliphatic carbocycles. The van der Waals surface area contributed by atoms with Crippen LogP contribution in [0, 0.1) is 5.82 Å². The maximum Gasteiger partial charge on any atom is 0.407 e. The van der Waals surface area contributed by atoms with E-state index in [0.717, 1.165) is 69.9 Å². The smallest absolute Gasteiger partial charge is 0.407 e. The highest BCUT2D eigenvalue weighted by Crippen LogP contribution is 2.28. The average Bonchev–Trinajstić information content (AvgIpc) is 3.04. The molecule has 0 aromatic heterocycles. The van der Waals surface area contributed by atoms with Crippen LogP contribution < -0.4 is 10.2 Å². The van der Waals surface area contributed by atoms with Crippen molar-refractivity contribution in [3.8, 4) is 0 Å². The quantitative estimate of drug-likeness (QED) is 0.736. The van der Waals surface area contributed by atoms with Crippen LogP contribution in [0.5, 0.6) is 0 Å². The maximum atomic E-state index is 13.4. The van der Waals surface area contributed by atoms with Crippen LogP contribution in [0.1, 0.15) is 32.3 Å². The molecule has 1 amide bonds. The molecule has 1 fully saturated rings. The first-order chi connectivity index (χ1) is 13.5. The molecule has 0 saturated carbocycles. The van der Waals surface area contributed by atoms with Crippen molar-refractivity contribution in [2.45, 2.75) is 45.3 Å². The van der Waals surface area contributed by atoms with E-state index in [4.69, 9.17) is 9.47 Å². The molecule has 7 heteroatoms. The van der Waals surface area contributed by atoms with Crippen LogP contribution in [0.4, 0.5) is 14.9 Å². The van der Waals surface area contributed by atoms with Crippen molar-refractivity contribution >= 4 is 11.8 Å². The second-order valence-corrected chi connectivity index (χ2v) is 7.73. The van der Waals surface area contributed by atoms with E-state index in [-0.39, 0.29) is 24.1 Å². The van der Waals surface area contributed by atoms with E-state index in [0.29, 0.717) is 6.54 Å². The third-order valence-corrected chi connectivity index (χ3v) is 5.36. The minimum absolute atomic E-state index is 0.0817. The molecule has 2 heterocycles. The summed E-state index contributed by atoms with van der Waals surface area (Å²) in [6.45, 7) is 9.59. The topological polar surface area (TPSA) is 54.0 Å². The van der Waals surface area contributed by atoms with Gasteiger partial charge in [0.05, 0.1) is 19.8 Å². The molecule has 28 heavy (non-hydrogen) atoms. The Morgan fingerprint density at radius 2 is 2.07 bits per heavy atom. The Morgan fingerprint density at radius 1 is 1.29 bits per heavy atom. The van der Waals surface area contributed by atoms with Gasteiger partial charge in [0.1, 0.15) is 11.9 Å². The van der Waals surface area contributed by atoms with Crippen LogP contribution in [-0.4, -0.2) is 69.1 Å². The molecule has 1 N–H and O–H groups in total. The van der Waals surface area contributed by atoms with Crippen molar-refractivity contribution in [2.24, 2.45) is 0 Å². The summed E-state index contributed by atoms with van der Waals surface area (Å²) in [5.74, 6) is -0.202. The van der Waals surface area contributed by atoms with E-state index < -0.39 is 0 Å². The van der Waals surface area contributed by atoms with Crippen LogP contribution >= 0.6 is 0 Å². The van der Waals surface area contributed by atoms with Crippen LogP contribution in [0.2, 0.25) is 0 Å². The summed E-state index contributed by atoms with van der Waals surface area (Å²) in [7, 11) is 0. The Hall–Kier alpha value is -1.86. The third kappa shape index (κ3) is 5.82. The molecule has 1 aromatic rings. The van der Waals surface area contributed by atoms with Crippen LogP contribution in [-0.2, 0) is 15.9 Å². The standard InChI is InChI=1S/C21H32FN3O3/c1-3-4-19(15-24-9-11-27-12-10-24)23-21(26)28-16(2)14-25-8-7-17-13-18(22)5-6-20(17)25/h5-6,13,16,19H,3-4,7-12,14-15H2,1-2H3,(H,23,26)/t16-,19?/m0/s1. The molecular weight excluding hydrogens is 361 g/mol. The monoisotopic (exact) mass is 393 g/mol. The molecule has 0 radical (unpaired) electrons. The van der Waals surface area contributed by atoms with Gasteiger partial charge >= 0.3 is 6.09 Å². The number of fused-ring (bicyclic) bond motifs is 1. The number of nitrogens with one attached hydrogen (secondary N) is 1.